The summed E-state index contributed by atoms with van der Waals surface area (Å²) in [6.45, 7) is 3.73. The molecule has 174 valence electrons. The van der Waals surface area contributed by atoms with Crippen molar-refractivity contribution in [2.45, 2.75) is 4.90 Å². The molecule has 0 radical (unpaired) electrons. The van der Waals surface area contributed by atoms with Crippen molar-refractivity contribution in [1.82, 2.24) is 14.1 Å². The van der Waals surface area contributed by atoms with Crippen molar-refractivity contribution in [2.24, 2.45) is 0 Å². The van der Waals surface area contributed by atoms with Crippen LogP contribution in [0, 0.1) is 0 Å². The standard InChI is InChI=1S/C24H28N4O4S/c29-23(26-15-13-25(14-16-26)21-7-3-1-4-8-21)11-12-24(30)27-17-19-28(20-18-27)33(31,32)22-9-5-2-6-10-22/h1-12H,13-20H2/b12-11+. The van der Waals surface area contributed by atoms with E-state index in [0.717, 1.165) is 18.8 Å². The molecule has 0 N–H and O–H groups in total. The predicted molar refractivity (Wildman–Crippen MR) is 126 cm³/mol. The maximum absolute atomic E-state index is 12.7. The minimum Gasteiger partial charge on any atom is -0.368 e. The molecule has 33 heavy (non-hydrogen) atoms. The highest BCUT2D eigenvalue weighted by Gasteiger charge is 2.29. The van der Waals surface area contributed by atoms with E-state index in [9.17, 15) is 18.0 Å². The van der Waals surface area contributed by atoms with Gasteiger partial charge in [-0.2, -0.15) is 4.31 Å². The van der Waals surface area contributed by atoms with Gasteiger partial charge in [0.25, 0.3) is 0 Å². The van der Waals surface area contributed by atoms with Crippen molar-refractivity contribution >= 4 is 27.5 Å². The fourth-order valence-corrected chi connectivity index (χ4v) is 5.51. The van der Waals surface area contributed by atoms with E-state index >= 15 is 0 Å². The zero-order valence-electron chi connectivity index (χ0n) is 18.4. The molecule has 2 amide bonds. The van der Waals surface area contributed by atoms with Gasteiger partial charge < -0.3 is 14.7 Å². The van der Waals surface area contributed by atoms with Crippen molar-refractivity contribution in [2.75, 3.05) is 57.3 Å². The number of rotatable bonds is 5. The first-order valence-electron chi connectivity index (χ1n) is 11.1. The van der Waals surface area contributed by atoms with E-state index < -0.39 is 10.0 Å². The number of carbonyl (C=O) groups is 2. The molecular formula is C24H28N4O4S. The third-order valence-electron chi connectivity index (χ3n) is 6.01. The Morgan fingerprint density at radius 2 is 1.09 bits per heavy atom. The minimum absolute atomic E-state index is 0.179. The Labute approximate surface area is 194 Å². The zero-order chi connectivity index (χ0) is 23.3. The van der Waals surface area contributed by atoms with Crippen LogP contribution in [0.1, 0.15) is 0 Å². The summed E-state index contributed by atoms with van der Waals surface area (Å²) >= 11 is 0. The van der Waals surface area contributed by atoms with Crippen LogP contribution in [0.25, 0.3) is 0 Å². The number of anilines is 1. The predicted octanol–water partition coefficient (Wildman–Crippen LogP) is 1.42. The number of nitrogens with zero attached hydrogens (tertiary/aromatic N) is 4. The normalized spacial score (nSPS) is 18.0. The van der Waals surface area contributed by atoms with Crippen molar-refractivity contribution < 1.29 is 18.0 Å². The van der Waals surface area contributed by atoms with Gasteiger partial charge in [-0.1, -0.05) is 36.4 Å². The number of para-hydroxylation sites is 1. The lowest BCUT2D eigenvalue weighted by Crippen LogP contribution is -2.50. The van der Waals surface area contributed by atoms with Gasteiger partial charge in [-0.25, -0.2) is 8.42 Å². The van der Waals surface area contributed by atoms with Crippen molar-refractivity contribution in [1.29, 1.82) is 0 Å². The molecule has 2 aliphatic heterocycles. The SMILES string of the molecule is O=C(/C=C/C(=O)N1CCN(S(=O)(=O)c2ccccc2)CC1)N1CCN(c2ccccc2)CC1. The van der Waals surface area contributed by atoms with Gasteiger partial charge >= 0.3 is 0 Å². The number of piperazine rings is 2. The Hall–Kier alpha value is -3.17. The molecule has 9 heteroatoms. The Kier molecular flexibility index (Phi) is 7.10. The van der Waals surface area contributed by atoms with Crippen LogP contribution in [-0.2, 0) is 19.6 Å². The number of amides is 2. The molecule has 8 nitrogen and oxygen atoms in total. The molecule has 0 atom stereocenters. The molecule has 0 saturated carbocycles. The summed E-state index contributed by atoms with van der Waals surface area (Å²) in [5, 5.41) is 0. The van der Waals surface area contributed by atoms with E-state index in [1.807, 2.05) is 18.2 Å². The summed E-state index contributed by atoms with van der Waals surface area (Å²) in [7, 11) is -3.56. The molecule has 4 rings (SSSR count). The molecule has 2 fully saturated rings. The van der Waals surface area contributed by atoms with Gasteiger partial charge in [-0.3, -0.25) is 9.59 Å². The van der Waals surface area contributed by atoms with Crippen LogP contribution in [-0.4, -0.2) is 86.7 Å². The second-order valence-corrected chi connectivity index (χ2v) is 9.96. The summed E-state index contributed by atoms with van der Waals surface area (Å²) < 4.78 is 26.8. The van der Waals surface area contributed by atoms with Crippen LogP contribution in [0.3, 0.4) is 0 Å². The number of hydrogen-bond donors (Lipinski definition) is 0. The Balaban J connectivity index is 1.25. The maximum Gasteiger partial charge on any atom is 0.246 e. The van der Waals surface area contributed by atoms with Crippen LogP contribution in [0.2, 0.25) is 0 Å². The molecule has 0 aromatic heterocycles. The Bertz CT molecular complexity index is 1090. The first-order chi connectivity index (χ1) is 15.9. The summed E-state index contributed by atoms with van der Waals surface area (Å²) in [4.78, 5) is 30.9. The van der Waals surface area contributed by atoms with Crippen LogP contribution in [0.5, 0.6) is 0 Å². The minimum atomic E-state index is -3.56. The van der Waals surface area contributed by atoms with Crippen molar-refractivity contribution in [3.63, 3.8) is 0 Å². The number of hydrogen-bond acceptors (Lipinski definition) is 5. The van der Waals surface area contributed by atoms with E-state index in [1.165, 1.54) is 16.5 Å². The molecular weight excluding hydrogens is 440 g/mol. The summed E-state index contributed by atoms with van der Waals surface area (Å²) in [6.07, 6.45) is 2.63. The van der Waals surface area contributed by atoms with E-state index in [4.69, 9.17) is 0 Å². The third-order valence-corrected chi connectivity index (χ3v) is 7.93. The van der Waals surface area contributed by atoms with E-state index in [0.29, 0.717) is 26.2 Å². The molecule has 2 aliphatic rings. The van der Waals surface area contributed by atoms with Gasteiger partial charge in [-0.15, -0.1) is 0 Å². The second-order valence-electron chi connectivity index (χ2n) is 8.02. The molecule has 2 aromatic carbocycles. The number of benzene rings is 2. The van der Waals surface area contributed by atoms with Gasteiger partial charge in [0.1, 0.15) is 0 Å². The lowest BCUT2D eigenvalue weighted by atomic mass is 10.2. The lowest BCUT2D eigenvalue weighted by Gasteiger charge is -2.35. The number of carbonyl (C=O) groups excluding carboxylic acids is 2. The molecule has 2 aromatic rings. The van der Waals surface area contributed by atoms with Crippen LogP contribution in [0.15, 0.2) is 77.7 Å². The van der Waals surface area contributed by atoms with Gasteiger partial charge in [0.15, 0.2) is 0 Å². The molecule has 2 heterocycles. The second kappa shape index (κ2) is 10.2. The highest BCUT2D eigenvalue weighted by atomic mass is 32.2. The fraction of sp³-hybridized carbons (Fsp3) is 0.333. The van der Waals surface area contributed by atoms with Crippen LogP contribution < -0.4 is 4.90 Å². The highest BCUT2D eigenvalue weighted by molar-refractivity contribution is 7.89. The monoisotopic (exact) mass is 468 g/mol. The Morgan fingerprint density at radius 3 is 1.61 bits per heavy atom. The van der Waals surface area contributed by atoms with Crippen LogP contribution in [0.4, 0.5) is 5.69 Å². The number of sulfonamides is 1. The quantitative estimate of drug-likeness (QED) is 0.620. The molecule has 0 aliphatic carbocycles. The fourth-order valence-electron chi connectivity index (χ4n) is 4.07. The molecule has 0 spiro atoms. The molecule has 0 unspecified atom stereocenters. The lowest BCUT2D eigenvalue weighted by molar-refractivity contribution is -0.129. The average Bonchev–Trinajstić information content (AvgIpc) is 2.88. The smallest absolute Gasteiger partial charge is 0.246 e. The summed E-state index contributed by atoms with van der Waals surface area (Å²) in [5.74, 6) is -0.454. The van der Waals surface area contributed by atoms with Crippen molar-refractivity contribution in [3.05, 3.63) is 72.8 Å². The largest absolute Gasteiger partial charge is 0.368 e. The van der Waals surface area contributed by atoms with E-state index in [2.05, 4.69) is 17.0 Å². The van der Waals surface area contributed by atoms with Gasteiger partial charge in [0, 0.05) is 70.2 Å². The zero-order valence-corrected chi connectivity index (χ0v) is 19.2. The van der Waals surface area contributed by atoms with Gasteiger partial charge in [0.2, 0.25) is 21.8 Å². The van der Waals surface area contributed by atoms with E-state index in [-0.39, 0.29) is 29.8 Å². The summed E-state index contributed by atoms with van der Waals surface area (Å²) in [6, 6.07) is 18.4. The highest BCUT2D eigenvalue weighted by Crippen LogP contribution is 2.18. The third kappa shape index (κ3) is 5.43. The topological polar surface area (TPSA) is 81.2 Å². The molecule has 2 saturated heterocycles. The van der Waals surface area contributed by atoms with E-state index in [1.54, 1.807) is 40.1 Å². The molecule has 0 bridgehead atoms. The maximum atomic E-state index is 12.7. The van der Waals surface area contributed by atoms with Crippen LogP contribution >= 0.6 is 0 Å². The van der Waals surface area contributed by atoms with Crippen molar-refractivity contribution in [3.8, 4) is 0 Å². The van der Waals surface area contributed by atoms with Gasteiger partial charge in [-0.05, 0) is 24.3 Å². The first-order valence-corrected chi connectivity index (χ1v) is 12.5. The first kappa shape index (κ1) is 23.0. The summed E-state index contributed by atoms with van der Waals surface area (Å²) in [5.41, 5.74) is 1.14. The Morgan fingerprint density at radius 1 is 0.636 bits per heavy atom. The van der Waals surface area contributed by atoms with Gasteiger partial charge in [0.05, 0.1) is 4.90 Å². The average molecular weight is 469 g/mol.